The normalized spacial score (nSPS) is 20.5. The molecule has 146 valence electrons. The molecule has 5 heteroatoms. The molecule has 1 aliphatic heterocycles. The summed E-state index contributed by atoms with van der Waals surface area (Å²) >= 11 is 6.29. The van der Waals surface area contributed by atoms with Crippen molar-refractivity contribution in [1.82, 2.24) is 4.42 Å². The van der Waals surface area contributed by atoms with Crippen molar-refractivity contribution in [2.45, 2.75) is 44.6 Å². The maximum absolute atomic E-state index is 11.8. The number of rotatable bonds is 10. The van der Waals surface area contributed by atoms with E-state index in [-0.39, 0.29) is 5.92 Å². The number of ether oxygens (including phenoxy) is 2. The molecule has 0 radical (unpaired) electrons. The zero-order valence-electron chi connectivity index (χ0n) is 16.0. The summed E-state index contributed by atoms with van der Waals surface area (Å²) in [6.07, 6.45) is 4.42. The van der Waals surface area contributed by atoms with Crippen molar-refractivity contribution < 1.29 is 14.6 Å². The summed E-state index contributed by atoms with van der Waals surface area (Å²) in [5.74, 6) is 0.808. The van der Waals surface area contributed by atoms with Crippen LogP contribution in [-0.2, 0) is 10.3 Å². The molecule has 0 bridgehead atoms. The van der Waals surface area contributed by atoms with Crippen LogP contribution in [0, 0.1) is 5.92 Å². The molecule has 1 aromatic carbocycles. The molecule has 1 aliphatic rings. The third-order valence-corrected chi connectivity index (χ3v) is 5.34. The number of nitrogens with zero attached hydrogens (tertiary/aromatic N) is 1. The van der Waals surface area contributed by atoms with Crippen molar-refractivity contribution in [3.05, 3.63) is 42.0 Å². The molecule has 1 N–H and O–H groups in total. The summed E-state index contributed by atoms with van der Waals surface area (Å²) in [5, 5.41) is 11.8. The maximum atomic E-state index is 11.8. The van der Waals surface area contributed by atoms with Crippen LogP contribution in [0.1, 0.15) is 44.6 Å². The van der Waals surface area contributed by atoms with Gasteiger partial charge in [0.15, 0.2) is 0 Å². The topological polar surface area (TPSA) is 41.9 Å². The molecular formula is C21H32ClNO3. The van der Waals surface area contributed by atoms with E-state index in [1.165, 1.54) is 0 Å². The van der Waals surface area contributed by atoms with Crippen LogP contribution in [0.4, 0.5) is 0 Å². The van der Waals surface area contributed by atoms with Crippen molar-refractivity contribution in [1.29, 1.82) is 0 Å². The van der Waals surface area contributed by atoms with E-state index in [4.69, 9.17) is 21.3 Å². The van der Waals surface area contributed by atoms with Crippen LogP contribution < -0.4 is 4.74 Å². The first-order valence-electron chi connectivity index (χ1n) is 9.46. The monoisotopic (exact) mass is 381 g/mol. The molecule has 0 unspecified atom stereocenters. The second-order valence-electron chi connectivity index (χ2n) is 7.32. The van der Waals surface area contributed by atoms with E-state index >= 15 is 0 Å². The molecule has 4 nitrogen and oxygen atoms in total. The number of piperidine rings is 1. The zero-order chi connectivity index (χ0) is 19.0. The average molecular weight is 382 g/mol. The molecule has 0 spiro atoms. The summed E-state index contributed by atoms with van der Waals surface area (Å²) in [6.45, 7) is 8.54. The van der Waals surface area contributed by atoms with Crippen molar-refractivity contribution in [2.24, 2.45) is 5.92 Å². The maximum Gasteiger partial charge on any atom is 0.125 e. The Bertz CT molecular complexity index is 580. The van der Waals surface area contributed by atoms with E-state index in [0.29, 0.717) is 26.2 Å². The summed E-state index contributed by atoms with van der Waals surface area (Å²) in [4.78, 5) is 0. The number of para-hydroxylation sites is 1. The third kappa shape index (κ3) is 5.71. The first kappa shape index (κ1) is 21.2. The largest absolute Gasteiger partial charge is 0.489 e. The average Bonchev–Trinajstić information content (AvgIpc) is 2.63. The van der Waals surface area contributed by atoms with Crippen LogP contribution in [0.2, 0.25) is 0 Å². The Morgan fingerprint density at radius 1 is 1.38 bits per heavy atom. The van der Waals surface area contributed by atoms with Crippen LogP contribution in [0.25, 0.3) is 0 Å². The Labute approximate surface area is 162 Å². The van der Waals surface area contributed by atoms with Gasteiger partial charge in [0, 0.05) is 38.3 Å². The smallest absolute Gasteiger partial charge is 0.125 e. The van der Waals surface area contributed by atoms with Gasteiger partial charge in [-0.1, -0.05) is 24.8 Å². The van der Waals surface area contributed by atoms with Gasteiger partial charge in [-0.2, -0.15) is 0 Å². The van der Waals surface area contributed by atoms with Gasteiger partial charge in [0.2, 0.25) is 0 Å². The number of methoxy groups -OCH3 is 1. The van der Waals surface area contributed by atoms with Gasteiger partial charge < -0.3 is 14.6 Å². The Morgan fingerprint density at radius 3 is 2.85 bits per heavy atom. The van der Waals surface area contributed by atoms with E-state index in [9.17, 15) is 5.11 Å². The fourth-order valence-corrected chi connectivity index (χ4v) is 3.96. The molecule has 1 saturated heterocycles. The minimum Gasteiger partial charge on any atom is -0.489 e. The number of aliphatic hydroxyl groups is 1. The van der Waals surface area contributed by atoms with Gasteiger partial charge in [0.25, 0.3) is 0 Å². The van der Waals surface area contributed by atoms with Crippen molar-refractivity contribution in [2.75, 3.05) is 33.4 Å². The molecule has 0 amide bonds. The molecule has 26 heavy (non-hydrogen) atoms. The molecule has 2 atom stereocenters. The minimum atomic E-state index is -0.965. The summed E-state index contributed by atoms with van der Waals surface area (Å²) < 4.78 is 12.9. The van der Waals surface area contributed by atoms with Gasteiger partial charge in [0.1, 0.15) is 12.4 Å². The van der Waals surface area contributed by atoms with E-state index < -0.39 is 5.60 Å². The van der Waals surface area contributed by atoms with Gasteiger partial charge in [-0.3, -0.25) is 0 Å². The fraction of sp³-hybridized carbons (Fsp3) is 0.619. The van der Waals surface area contributed by atoms with Gasteiger partial charge in [0.05, 0.1) is 5.60 Å². The Morgan fingerprint density at radius 2 is 2.15 bits per heavy atom. The van der Waals surface area contributed by atoms with Crippen LogP contribution in [0.5, 0.6) is 5.75 Å². The molecule has 0 aliphatic carbocycles. The Balaban J connectivity index is 2.28. The Hall–Kier alpha value is -1.07. The molecule has 0 aromatic heterocycles. The van der Waals surface area contributed by atoms with E-state index in [1.807, 2.05) is 31.2 Å². The number of hydrogen-bond donors (Lipinski definition) is 1. The molecule has 1 aromatic rings. The number of hydrogen-bond acceptors (Lipinski definition) is 4. The van der Waals surface area contributed by atoms with E-state index in [2.05, 4.69) is 6.58 Å². The highest BCUT2D eigenvalue weighted by atomic mass is 35.5. The predicted molar refractivity (Wildman–Crippen MR) is 107 cm³/mol. The van der Waals surface area contributed by atoms with Crippen LogP contribution in [0.15, 0.2) is 36.4 Å². The highest BCUT2D eigenvalue weighted by Gasteiger charge is 2.41. The Kier molecular flexibility index (Phi) is 8.42. The molecular weight excluding hydrogens is 350 g/mol. The first-order valence-corrected chi connectivity index (χ1v) is 9.80. The second kappa shape index (κ2) is 10.3. The van der Waals surface area contributed by atoms with Crippen LogP contribution in [0.3, 0.4) is 0 Å². The fourth-order valence-electron chi connectivity index (χ4n) is 3.67. The summed E-state index contributed by atoms with van der Waals surface area (Å²) in [6, 6.07) is 7.82. The van der Waals surface area contributed by atoms with E-state index in [1.54, 1.807) is 11.5 Å². The molecule has 2 rings (SSSR count). The number of benzene rings is 1. The number of halogens is 1. The van der Waals surface area contributed by atoms with Gasteiger partial charge in [-0.05, 0) is 62.4 Å². The number of unbranched alkanes of at least 4 members (excludes halogenated alkanes) is 1. The second-order valence-corrected chi connectivity index (χ2v) is 7.80. The van der Waals surface area contributed by atoms with Crippen LogP contribution in [-0.4, -0.2) is 42.9 Å². The molecule has 1 fully saturated rings. The lowest BCUT2D eigenvalue weighted by Crippen LogP contribution is -2.43. The third-order valence-electron chi connectivity index (χ3n) is 5.03. The van der Waals surface area contributed by atoms with Gasteiger partial charge in [-0.25, -0.2) is 4.42 Å². The lowest BCUT2D eigenvalue weighted by molar-refractivity contribution is -0.0540. The van der Waals surface area contributed by atoms with Gasteiger partial charge in [-0.15, -0.1) is 0 Å². The standard InChI is InChI=1S/C21H32ClNO3/c1-17(2)16-26-20-11-5-4-10-19(20)21(24,12-6-7-14-25-3)18-9-8-13-23(22)15-18/h4-5,10-11,18,24H,1,6-9,12-16H2,2-3H3/t18-,21+/m1/s1. The highest BCUT2D eigenvalue weighted by molar-refractivity contribution is 6.13. The lowest BCUT2D eigenvalue weighted by Gasteiger charge is -2.41. The van der Waals surface area contributed by atoms with Crippen molar-refractivity contribution in [3.8, 4) is 5.75 Å². The van der Waals surface area contributed by atoms with E-state index in [0.717, 1.165) is 49.1 Å². The molecule has 0 saturated carbocycles. The predicted octanol–water partition coefficient (Wildman–Crippen LogP) is 4.51. The minimum absolute atomic E-state index is 0.0749. The summed E-state index contributed by atoms with van der Waals surface area (Å²) in [7, 11) is 1.71. The van der Waals surface area contributed by atoms with Crippen LogP contribution >= 0.6 is 11.8 Å². The first-order chi connectivity index (χ1) is 12.5. The summed E-state index contributed by atoms with van der Waals surface area (Å²) in [5.41, 5.74) is 0.844. The molecule has 1 heterocycles. The van der Waals surface area contributed by atoms with Crippen molar-refractivity contribution in [3.63, 3.8) is 0 Å². The lowest BCUT2D eigenvalue weighted by atomic mass is 9.74. The van der Waals surface area contributed by atoms with Gasteiger partial charge >= 0.3 is 0 Å². The zero-order valence-corrected chi connectivity index (χ0v) is 16.8. The SMILES string of the molecule is C=C(C)COc1ccccc1[C@](O)(CCCCOC)[C@@H]1CCCN(Cl)C1. The van der Waals surface area contributed by atoms with Crippen molar-refractivity contribution >= 4 is 11.8 Å². The highest BCUT2D eigenvalue weighted by Crippen LogP contribution is 2.43. The quantitative estimate of drug-likeness (QED) is 0.368.